The molecular formula is C7H14O3Si. The zero-order chi connectivity index (χ0) is 8.69. The molecule has 0 N–H and O–H groups in total. The molecule has 0 amide bonds. The summed E-state index contributed by atoms with van der Waals surface area (Å²) in [4.78, 5) is 10.8. The van der Waals surface area contributed by atoms with Gasteiger partial charge in [-0.25, -0.2) is 0 Å². The second kappa shape index (κ2) is 6.36. The van der Waals surface area contributed by atoms with E-state index in [1.807, 2.05) is 13.8 Å². The van der Waals surface area contributed by atoms with Crippen LogP contribution >= 0.6 is 0 Å². The Balaban J connectivity index is 3.18. The quantitative estimate of drug-likeness (QED) is 0.352. The smallest absolute Gasteiger partial charge is 0.308 e. The second-order valence-electron chi connectivity index (χ2n) is 2.42. The summed E-state index contributed by atoms with van der Waals surface area (Å²) in [5.74, 6) is -0.160. The minimum atomic E-state index is -0.133. The van der Waals surface area contributed by atoms with Gasteiger partial charge in [0.2, 0.25) is 9.76 Å². The van der Waals surface area contributed by atoms with E-state index in [0.29, 0.717) is 16.4 Å². The van der Waals surface area contributed by atoms with Crippen molar-refractivity contribution >= 4 is 15.7 Å². The highest BCUT2D eigenvalue weighted by atomic mass is 28.2. The second-order valence-corrected chi connectivity index (χ2v) is 3.62. The lowest BCUT2D eigenvalue weighted by Gasteiger charge is -2.05. The van der Waals surface area contributed by atoms with E-state index in [1.165, 1.54) is 0 Å². The maximum Gasteiger partial charge on any atom is 0.308 e. The Labute approximate surface area is 70.0 Å². The number of hydrogen-bond acceptors (Lipinski definition) is 3. The van der Waals surface area contributed by atoms with Crippen molar-refractivity contribution in [2.75, 3.05) is 13.7 Å². The van der Waals surface area contributed by atoms with E-state index in [2.05, 4.69) is 0 Å². The van der Waals surface area contributed by atoms with Gasteiger partial charge in [0.25, 0.3) is 0 Å². The van der Waals surface area contributed by atoms with E-state index < -0.39 is 0 Å². The standard InChI is InChI=1S/C7H14O3Si/c1-6(2)7(8)10-4-5-11-9-3/h6H,4-5H2,1-3H3. The summed E-state index contributed by atoms with van der Waals surface area (Å²) >= 11 is 0. The topological polar surface area (TPSA) is 35.5 Å². The van der Waals surface area contributed by atoms with E-state index in [-0.39, 0.29) is 11.9 Å². The SMILES string of the molecule is CO[Si]CCOC(=O)C(C)C. The molecule has 64 valence electrons. The summed E-state index contributed by atoms with van der Waals surface area (Å²) in [6.07, 6.45) is 0. The van der Waals surface area contributed by atoms with Crippen LogP contribution in [-0.2, 0) is 14.0 Å². The molecule has 0 atom stereocenters. The minimum Gasteiger partial charge on any atom is -0.466 e. The minimum absolute atomic E-state index is 0.0270. The molecule has 0 heterocycles. The molecule has 0 bridgehead atoms. The summed E-state index contributed by atoms with van der Waals surface area (Å²) in [5, 5.41) is 0. The van der Waals surface area contributed by atoms with Gasteiger partial charge >= 0.3 is 5.97 Å². The molecule has 4 heteroatoms. The van der Waals surface area contributed by atoms with E-state index in [4.69, 9.17) is 9.16 Å². The van der Waals surface area contributed by atoms with Crippen LogP contribution in [0.2, 0.25) is 6.04 Å². The van der Waals surface area contributed by atoms with Crippen LogP contribution in [0.4, 0.5) is 0 Å². The van der Waals surface area contributed by atoms with Crippen LogP contribution in [0.3, 0.4) is 0 Å². The molecule has 0 aromatic carbocycles. The number of esters is 1. The molecule has 0 saturated carbocycles. The van der Waals surface area contributed by atoms with Gasteiger partial charge in [0.15, 0.2) is 0 Å². The van der Waals surface area contributed by atoms with E-state index in [9.17, 15) is 4.79 Å². The van der Waals surface area contributed by atoms with Crippen LogP contribution in [0.15, 0.2) is 0 Å². The number of carbonyl (C=O) groups is 1. The fraction of sp³-hybridized carbons (Fsp3) is 0.857. The van der Waals surface area contributed by atoms with Crippen LogP contribution in [0.25, 0.3) is 0 Å². The highest BCUT2D eigenvalue weighted by molar-refractivity contribution is 6.27. The highest BCUT2D eigenvalue weighted by Crippen LogP contribution is 1.96. The summed E-state index contributed by atoms with van der Waals surface area (Å²) in [5.41, 5.74) is 0. The Morgan fingerprint density at radius 1 is 1.55 bits per heavy atom. The van der Waals surface area contributed by atoms with Gasteiger partial charge in [-0.05, 0) is 6.04 Å². The number of hydrogen-bond donors (Lipinski definition) is 0. The van der Waals surface area contributed by atoms with Crippen LogP contribution in [0.1, 0.15) is 13.8 Å². The molecule has 11 heavy (non-hydrogen) atoms. The zero-order valence-corrected chi connectivity index (χ0v) is 8.22. The lowest BCUT2D eigenvalue weighted by Crippen LogP contribution is -2.13. The normalized spacial score (nSPS) is 10.2. The van der Waals surface area contributed by atoms with Gasteiger partial charge in [-0.1, -0.05) is 13.8 Å². The van der Waals surface area contributed by atoms with Crippen molar-refractivity contribution in [1.82, 2.24) is 0 Å². The van der Waals surface area contributed by atoms with Crippen molar-refractivity contribution in [2.45, 2.75) is 19.9 Å². The van der Waals surface area contributed by atoms with E-state index in [0.717, 1.165) is 6.04 Å². The maximum absolute atomic E-state index is 10.8. The Morgan fingerprint density at radius 2 is 2.18 bits per heavy atom. The predicted molar refractivity (Wildman–Crippen MR) is 43.4 cm³/mol. The fourth-order valence-electron chi connectivity index (χ4n) is 0.462. The van der Waals surface area contributed by atoms with Gasteiger partial charge in [0, 0.05) is 7.11 Å². The van der Waals surface area contributed by atoms with E-state index in [1.54, 1.807) is 7.11 Å². The highest BCUT2D eigenvalue weighted by Gasteiger charge is 2.06. The van der Waals surface area contributed by atoms with Crippen LogP contribution in [0.5, 0.6) is 0 Å². The number of carbonyl (C=O) groups excluding carboxylic acids is 1. The molecule has 3 nitrogen and oxygen atoms in total. The third-order valence-electron chi connectivity index (χ3n) is 1.06. The third kappa shape index (κ3) is 6.06. The maximum atomic E-state index is 10.8. The third-order valence-corrected chi connectivity index (χ3v) is 1.76. The molecular weight excluding hydrogens is 160 g/mol. The molecule has 0 aromatic heterocycles. The van der Waals surface area contributed by atoms with Gasteiger partial charge in [0.1, 0.15) is 0 Å². The van der Waals surface area contributed by atoms with Gasteiger partial charge in [-0.3, -0.25) is 4.79 Å². The average molecular weight is 174 g/mol. The first-order chi connectivity index (χ1) is 5.18. The molecule has 0 aliphatic rings. The van der Waals surface area contributed by atoms with Crippen molar-refractivity contribution in [3.63, 3.8) is 0 Å². The summed E-state index contributed by atoms with van der Waals surface area (Å²) in [6, 6.07) is 0.801. The first kappa shape index (κ1) is 10.6. The van der Waals surface area contributed by atoms with Crippen molar-refractivity contribution in [1.29, 1.82) is 0 Å². The van der Waals surface area contributed by atoms with Crippen molar-refractivity contribution in [3.8, 4) is 0 Å². The molecule has 0 saturated heterocycles. The molecule has 0 aliphatic heterocycles. The van der Waals surface area contributed by atoms with Crippen molar-refractivity contribution in [3.05, 3.63) is 0 Å². The van der Waals surface area contributed by atoms with Gasteiger partial charge in [-0.2, -0.15) is 0 Å². The first-order valence-corrected chi connectivity index (χ1v) is 4.72. The van der Waals surface area contributed by atoms with Crippen molar-refractivity contribution in [2.24, 2.45) is 5.92 Å². The Morgan fingerprint density at radius 3 is 2.64 bits per heavy atom. The molecule has 0 aromatic rings. The Bertz CT molecular complexity index is 114. The summed E-state index contributed by atoms with van der Waals surface area (Å²) in [7, 11) is 2.07. The largest absolute Gasteiger partial charge is 0.466 e. The van der Waals surface area contributed by atoms with Crippen LogP contribution in [-0.4, -0.2) is 29.4 Å². The molecule has 0 fully saturated rings. The molecule has 0 aliphatic carbocycles. The number of rotatable bonds is 5. The summed E-state index contributed by atoms with van der Waals surface area (Å²) < 4.78 is 9.71. The fourth-order valence-corrected chi connectivity index (χ4v) is 0.852. The molecule has 0 spiro atoms. The van der Waals surface area contributed by atoms with Gasteiger partial charge < -0.3 is 9.16 Å². The lowest BCUT2D eigenvalue weighted by atomic mass is 10.2. The van der Waals surface area contributed by atoms with Crippen LogP contribution < -0.4 is 0 Å². The Hall–Kier alpha value is -0.353. The Kier molecular flexibility index (Phi) is 6.16. The number of ether oxygens (including phenoxy) is 1. The molecule has 0 rings (SSSR count). The predicted octanol–water partition coefficient (Wildman–Crippen LogP) is 0.869. The summed E-state index contributed by atoms with van der Waals surface area (Å²) in [6.45, 7) is 4.12. The van der Waals surface area contributed by atoms with E-state index >= 15 is 0 Å². The van der Waals surface area contributed by atoms with Crippen LogP contribution in [0, 0.1) is 5.92 Å². The van der Waals surface area contributed by atoms with Crippen molar-refractivity contribution < 1.29 is 14.0 Å². The first-order valence-electron chi connectivity index (χ1n) is 3.61. The lowest BCUT2D eigenvalue weighted by molar-refractivity contribution is -0.146. The molecule has 2 radical (unpaired) electrons. The van der Waals surface area contributed by atoms with Gasteiger partial charge in [0.05, 0.1) is 12.5 Å². The van der Waals surface area contributed by atoms with Gasteiger partial charge in [-0.15, -0.1) is 0 Å². The molecule has 0 unspecified atom stereocenters. The average Bonchev–Trinajstić information content (AvgIpc) is 1.97. The monoisotopic (exact) mass is 174 g/mol. The zero-order valence-electron chi connectivity index (χ0n) is 7.22.